The molecular weight excluding hydrogens is 248 g/mol. The van der Waals surface area contributed by atoms with Gasteiger partial charge in [0.15, 0.2) is 0 Å². The molecule has 0 spiro atoms. The third-order valence-corrected chi connectivity index (χ3v) is 2.77. The zero-order valence-electron chi connectivity index (χ0n) is 9.56. The number of benzene rings is 2. The van der Waals surface area contributed by atoms with Gasteiger partial charge in [-0.2, -0.15) is 5.26 Å². The van der Waals surface area contributed by atoms with E-state index in [2.05, 4.69) is 6.07 Å². The van der Waals surface area contributed by atoms with Crippen LogP contribution < -0.4 is 10.5 Å². The van der Waals surface area contributed by atoms with E-state index in [-0.39, 0.29) is 0 Å². The standard InChI is InChI=1S/C14H11ClN2O/c15-13-5-4-11(7-14(13)17)9-18-12-3-1-2-10(6-12)8-16/h1-7H,9,17H2. The molecule has 0 saturated carbocycles. The van der Waals surface area contributed by atoms with Crippen molar-refractivity contribution in [1.82, 2.24) is 0 Å². The second-order valence-corrected chi connectivity index (χ2v) is 4.19. The molecule has 0 aliphatic rings. The summed E-state index contributed by atoms with van der Waals surface area (Å²) in [5.41, 5.74) is 7.74. The minimum atomic E-state index is 0.385. The molecule has 0 aliphatic carbocycles. The fraction of sp³-hybridized carbons (Fsp3) is 0.0714. The highest BCUT2D eigenvalue weighted by molar-refractivity contribution is 6.33. The maximum atomic E-state index is 8.78. The molecule has 0 amide bonds. The molecule has 3 nitrogen and oxygen atoms in total. The van der Waals surface area contributed by atoms with Crippen molar-refractivity contribution in [1.29, 1.82) is 5.26 Å². The average Bonchev–Trinajstić information content (AvgIpc) is 2.40. The minimum absolute atomic E-state index is 0.385. The topological polar surface area (TPSA) is 59.0 Å². The molecule has 2 aromatic rings. The Morgan fingerprint density at radius 1 is 1.22 bits per heavy atom. The van der Waals surface area contributed by atoms with Crippen LogP contribution in [0.1, 0.15) is 11.1 Å². The number of nitrogens with two attached hydrogens (primary N) is 1. The predicted molar refractivity (Wildman–Crippen MR) is 71.4 cm³/mol. The largest absolute Gasteiger partial charge is 0.489 e. The molecule has 4 heteroatoms. The number of nitrogen functional groups attached to an aromatic ring is 1. The molecule has 90 valence electrons. The zero-order chi connectivity index (χ0) is 13.0. The summed E-state index contributed by atoms with van der Waals surface area (Å²) < 4.78 is 5.58. The number of ether oxygens (including phenoxy) is 1. The predicted octanol–water partition coefficient (Wildman–Crippen LogP) is 3.37. The van der Waals surface area contributed by atoms with Gasteiger partial charge in [0.2, 0.25) is 0 Å². The lowest BCUT2D eigenvalue weighted by atomic mass is 10.2. The Hall–Kier alpha value is -2.18. The minimum Gasteiger partial charge on any atom is -0.489 e. The lowest BCUT2D eigenvalue weighted by Crippen LogP contribution is -1.97. The van der Waals surface area contributed by atoms with Crippen LogP contribution in [0.15, 0.2) is 42.5 Å². The third-order valence-electron chi connectivity index (χ3n) is 2.43. The van der Waals surface area contributed by atoms with E-state index in [1.165, 1.54) is 0 Å². The van der Waals surface area contributed by atoms with Crippen LogP contribution in [0.3, 0.4) is 0 Å². The zero-order valence-corrected chi connectivity index (χ0v) is 10.3. The first-order valence-electron chi connectivity index (χ1n) is 5.36. The van der Waals surface area contributed by atoms with Crippen LogP contribution >= 0.6 is 11.6 Å². The van der Waals surface area contributed by atoms with Gasteiger partial charge in [-0.15, -0.1) is 0 Å². The first-order valence-corrected chi connectivity index (χ1v) is 5.73. The van der Waals surface area contributed by atoms with E-state index in [1.807, 2.05) is 6.07 Å². The van der Waals surface area contributed by atoms with E-state index in [1.54, 1.807) is 36.4 Å². The molecule has 0 radical (unpaired) electrons. The summed E-state index contributed by atoms with van der Waals surface area (Å²) in [6.45, 7) is 0.385. The van der Waals surface area contributed by atoms with Crippen LogP contribution in [0.2, 0.25) is 5.02 Å². The van der Waals surface area contributed by atoms with Gasteiger partial charge in [0.25, 0.3) is 0 Å². The van der Waals surface area contributed by atoms with Crippen LogP contribution in [-0.4, -0.2) is 0 Å². The summed E-state index contributed by atoms with van der Waals surface area (Å²) >= 11 is 5.84. The Kier molecular flexibility index (Phi) is 3.71. The van der Waals surface area contributed by atoms with E-state index < -0.39 is 0 Å². The van der Waals surface area contributed by atoms with E-state index in [9.17, 15) is 0 Å². The quantitative estimate of drug-likeness (QED) is 0.859. The summed E-state index contributed by atoms with van der Waals surface area (Å²) in [5.74, 6) is 0.655. The molecule has 2 N–H and O–H groups in total. The van der Waals surface area contributed by atoms with Gasteiger partial charge in [0.05, 0.1) is 22.3 Å². The van der Waals surface area contributed by atoms with Crippen LogP contribution in [0.5, 0.6) is 5.75 Å². The number of hydrogen-bond donors (Lipinski definition) is 1. The summed E-state index contributed by atoms with van der Waals surface area (Å²) in [4.78, 5) is 0. The van der Waals surface area contributed by atoms with E-state index in [4.69, 9.17) is 27.3 Å². The summed E-state index contributed by atoms with van der Waals surface area (Å²) in [5, 5.41) is 9.31. The van der Waals surface area contributed by atoms with Crippen LogP contribution in [-0.2, 0) is 6.61 Å². The normalized spacial score (nSPS) is 9.78. The van der Waals surface area contributed by atoms with Gasteiger partial charge in [-0.05, 0) is 35.9 Å². The molecule has 0 atom stereocenters. The Morgan fingerprint density at radius 3 is 2.78 bits per heavy atom. The molecule has 0 saturated heterocycles. The van der Waals surface area contributed by atoms with Crippen molar-refractivity contribution < 1.29 is 4.74 Å². The molecule has 2 rings (SSSR count). The van der Waals surface area contributed by atoms with Crippen LogP contribution in [0, 0.1) is 11.3 Å². The fourth-order valence-electron chi connectivity index (χ4n) is 1.51. The Morgan fingerprint density at radius 2 is 2.06 bits per heavy atom. The highest BCUT2D eigenvalue weighted by Crippen LogP contribution is 2.21. The van der Waals surface area contributed by atoms with Crippen molar-refractivity contribution in [3.05, 3.63) is 58.6 Å². The summed E-state index contributed by atoms with van der Waals surface area (Å²) in [6.07, 6.45) is 0. The van der Waals surface area contributed by atoms with E-state index >= 15 is 0 Å². The molecular formula is C14H11ClN2O. The number of rotatable bonds is 3. The Labute approximate surface area is 110 Å². The number of anilines is 1. The molecule has 0 bridgehead atoms. The van der Waals surface area contributed by atoms with Gasteiger partial charge in [-0.25, -0.2) is 0 Å². The maximum Gasteiger partial charge on any atom is 0.121 e. The van der Waals surface area contributed by atoms with Crippen LogP contribution in [0.25, 0.3) is 0 Å². The molecule has 0 heterocycles. The number of nitriles is 1. The van der Waals surface area contributed by atoms with Crippen molar-refractivity contribution in [3.8, 4) is 11.8 Å². The fourth-order valence-corrected chi connectivity index (χ4v) is 1.62. The van der Waals surface area contributed by atoms with E-state index in [0.717, 1.165) is 5.56 Å². The summed E-state index contributed by atoms with van der Waals surface area (Å²) in [7, 11) is 0. The van der Waals surface area contributed by atoms with Gasteiger partial charge in [0, 0.05) is 0 Å². The molecule has 0 aromatic heterocycles. The number of hydrogen-bond acceptors (Lipinski definition) is 3. The highest BCUT2D eigenvalue weighted by Gasteiger charge is 2.00. The number of halogens is 1. The van der Waals surface area contributed by atoms with Crippen molar-refractivity contribution in [2.75, 3.05) is 5.73 Å². The van der Waals surface area contributed by atoms with Crippen molar-refractivity contribution in [3.63, 3.8) is 0 Å². The maximum absolute atomic E-state index is 8.78. The lowest BCUT2D eigenvalue weighted by Gasteiger charge is -2.07. The van der Waals surface area contributed by atoms with E-state index in [0.29, 0.717) is 28.6 Å². The molecule has 2 aromatic carbocycles. The van der Waals surface area contributed by atoms with Gasteiger partial charge < -0.3 is 10.5 Å². The molecule has 0 aliphatic heterocycles. The molecule has 18 heavy (non-hydrogen) atoms. The van der Waals surface area contributed by atoms with Crippen LogP contribution in [0.4, 0.5) is 5.69 Å². The number of nitrogens with zero attached hydrogens (tertiary/aromatic N) is 1. The first kappa shape index (κ1) is 12.3. The lowest BCUT2D eigenvalue weighted by molar-refractivity contribution is 0.306. The van der Waals surface area contributed by atoms with Gasteiger partial charge >= 0.3 is 0 Å². The highest BCUT2D eigenvalue weighted by atomic mass is 35.5. The van der Waals surface area contributed by atoms with Crippen molar-refractivity contribution in [2.24, 2.45) is 0 Å². The Bertz CT molecular complexity index is 605. The smallest absolute Gasteiger partial charge is 0.121 e. The summed E-state index contributed by atoms with van der Waals surface area (Å²) in [6, 6.07) is 14.4. The molecule has 0 unspecified atom stereocenters. The SMILES string of the molecule is N#Cc1cccc(OCc2ccc(Cl)c(N)c2)c1. The van der Waals surface area contributed by atoms with Crippen molar-refractivity contribution >= 4 is 17.3 Å². The van der Waals surface area contributed by atoms with Gasteiger partial charge in [-0.3, -0.25) is 0 Å². The first-order chi connectivity index (χ1) is 8.69. The second kappa shape index (κ2) is 5.44. The molecule has 0 fully saturated rings. The van der Waals surface area contributed by atoms with Gasteiger partial charge in [0.1, 0.15) is 12.4 Å². The third kappa shape index (κ3) is 2.93. The van der Waals surface area contributed by atoms with Crippen molar-refractivity contribution in [2.45, 2.75) is 6.61 Å². The Balaban J connectivity index is 2.07. The second-order valence-electron chi connectivity index (χ2n) is 3.78. The monoisotopic (exact) mass is 258 g/mol. The van der Waals surface area contributed by atoms with Gasteiger partial charge in [-0.1, -0.05) is 23.7 Å². The average molecular weight is 259 g/mol.